The van der Waals surface area contributed by atoms with Gasteiger partial charge in [-0.05, 0) is 72.8 Å². The number of fused-ring (bicyclic) bond motifs is 8. The monoisotopic (exact) mass is 630 g/mol. The third-order valence-electron chi connectivity index (χ3n) is 5.95. The maximum atomic E-state index is 4.62. The molecule has 234 valence electrons. The molecule has 12 nitrogen and oxygen atoms in total. The van der Waals surface area contributed by atoms with Crippen molar-refractivity contribution in [1.82, 2.24) is 59.8 Å². The van der Waals surface area contributed by atoms with Crippen LogP contribution in [0, 0.1) is 0 Å². The minimum absolute atomic E-state index is 0.915. The molecule has 0 saturated heterocycles. The van der Waals surface area contributed by atoms with Gasteiger partial charge in [0.25, 0.3) is 0 Å². The molecule has 0 saturated carbocycles. The second-order valence-corrected chi connectivity index (χ2v) is 9.48. The van der Waals surface area contributed by atoms with Gasteiger partial charge in [0.1, 0.15) is 0 Å². The fourth-order valence-electron chi connectivity index (χ4n) is 3.96. The minimum Gasteiger partial charge on any atom is -0.355 e. The molecule has 7 aromatic rings. The van der Waals surface area contributed by atoms with Gasteiger partial charge in [-0.1, -0.05) is 0 Å². The van der Waals surface area contributed by atoms with E-state index in [1.807, 2.05) is 42.5 Å². The Kier molecular flexibility index (Phi) is 12.6. The molecule has 0 atom stereocenters. The zero-order valence-corrected chi connectivity index (χ0v) is 25.6. The molecule has 0 amide bonds. The molecule has 9 heterocycles. The second-order valence-electron chi connectivity index (χ2n) is 9.48. The molecular weight excluding hydrogens is 600 g/mol. The quantitative estimate of drug-likeness (QED) is 0.188. The highest BCUT2D eigenvalue weighted by molar-refractivity contribution is 5.77. The number of aromatic nitrogens is 12. The van der Waals surface area contributed by atoms with E-state index in [1.165, 1.54) is 0 Å². The Morgan fingerprint density at radius 1 is 0.271 bits per heavy atom. The molecule has 0 unspecified atom stereocenters. The predicted octanol–water partition coefficient (Wildman–Crippen LogP) is 6.56. The van der Waals surface area contributed by atoms with Gasteiger partial charge in [0, 0.05) is 121 Å². The number of rotatable bonds is 0. The molecule has 12 heteroatoms. The van der Waals surface area contributed by atoms with E-state index in [1.54, 1.807) is 99.1 Å². The fraction of sp³-hybridized carbons (Fsp3) is 0. The fourth-order valence-corrected chi connectivity index (χ4v) is 3.96. The normalized spacial score (nSPS) is 10.3. The van der Waals surface area contributed by atoms with Crippen LogP contribution in [0.3, 0.4) is 0 Å². The van der Waals surface area contributed by atoms with Crippen molar-refractivity contribution in [2.75, 3.05) is 0 Å². The lowest BCUT2D eigenvalue weighted by Gasteiger charge is -1.86. The summed E-state index contributed by atoms with van der Waals surface area (Å²) < 4.78 is 0. The first-order chi connectivity index (χ1) is 23.8. The van der Waals surface area contributed by atoms with E-state index in [2.05, 4.69) is 90.1 Å². The van der Waals surface area contributed by atoms with Gasteiger partial charge in [0.2, 0.25) is 0 Å². The lowest BCUT2D eigenvalue weighted by molar-refractivity contribution is 1.20. The van der Waals surface area contributed by atoms with Crippen molar-refractivity contribution in [1.29, 1.82) is 0 Å². The minimum atomic E-state index is 0.915. The van der Waals surface area contributed by atoms with Crippen LogP contribution in [0.25, 0.3) is 46.4 Å². The molecule has 48 heavy (non-hydrogen) atoms. The Bertz CT molecular complexity index is 1810. The number of nitrogens with zero attached hydrogens (tertiary/aromatic N) is 10. The van der Waals surface area contributed by atoms with E-state index in [9.17, 15) is 0 Å². The first-order valence-electron chi connectivity index (χ1n) is 14.6. The summed E-state index contributed by atoms with van der Waals surface area (Å²) >= 11 is 0. The maximum Gasteiger partial charge on any atom is 0.0659 e. The number of hydrogen-bond acceptors (Lipinski definition) is 10. The highest BCUT2D eigenvalue weighted by Crippen LogP contribution is 2.17. The Labute approximate surface area is 276 Å². The summed E-state index contributed by atoms with van der Waals surface area (Å²) in [6.07, 6.45) is 34.3. The lowest BCUT2D eigenvalue weighted by atomic mass is 10.3. The largest absolute Gasteiger partial charge is 0.355 e. The van der Waals surface area contributed by atoms with Gasteiger partial charge in [-0.25, -0.2) is 9.97 Å². The third-order valence-corrected chi connectivity index (χ3v) is 5.95. The number of hydrogen-bond donors (Lipinski definition) is 2. The van der Waals surface area contributed by atoms with Crippen LogP contribution in [-0.2, 0) is 0 Å². The van der Waals surface area contributed by atoms with Gasteiger partial charge < -0.3 is 9.97 Å². The molecule has 2 aliphatic rings. The summed E-state index contributed by atoms with van der Waals surface area (Å²) in [7, 11) is 0. The van der Waals surface area contributed by atoms with Gasteiger partial charge in [0.15, 0.2) is 0 Å². The predicted molar refractivity (Wildman–Crippen MR) is 187 cm³/mol. The van der Waals surface area contributed by atoms with E-state index in [-0.39, 0.29) is 0 Å². The van der Waals surface area contributed by atoms with Crippen LogP contribution in [-0.4, -0.2) is 59.8 Å². The topological polar surface area (TPSA) is 160 Å². The van der Waals surface area contributed by atoms with Crippen LogP contribution in [0.1, 0.15) is 22.8 Å². The Balaban J connectivity index is 0.000000151. The second kappa shape index (κ2) is 18.7. The molecule has 0 fully saturated rings. The molecule has 2 aliphatic heterocycles. The molecule has 8 bridgehead atoms. The molecule has 0 aromatic carbocycles. The van der Waals surface area contributed by atoms with Gasteiger partial charge in [-0.2, -0.15) is 0 Å². The van der Waals surface area contributed by atoms with Crippen molar-refractivity contribution >= 4 is 46.4 Å². The van der Waals surface area contributed by atoms with Crippen LogP contribution in [0.4, 0.5) is 0 Å². The van der Waals surface area contributed by atoms with Gasteiger partial charge >= 0.3 is 0 Å². The number of nitrogens with one attached hydrogen (secondary N) is 2. The molecule has 2 N–H and O–H groups in total. The summed E-state index contributed by atoms with van der Waals surface area (Å²) in [6, 6.07) is 16.4. The highest BCUT2D eigenvalue weighted by atomic mass is 14.8. The molecule has 0 radical (unpaired) electrons. The molecule has 0 aliphatic carbocycles. The first kappa shape index (κ1) is 32.3. The standard InChI is InChI=1S/C20H14N4.4C4H4N2/c1-2-14-10-16-5-6-18(23-16)12-20-8-7-19(24-20)11-17-4-3-15(22-17)9-13(1)21-14;4*1-2-6-4-3-5-1/h1-12,21-22H;4*1-4H. The van der Waals surface area contributed by atoms with E-state index in [0.29, 0.717) is 0 Å². The van der Waals surface area contributed by atoms with Crippen LogP contribution in [0.5, 0.6) is 0 Å². The molecule has 0 spiro atoms. The number of H-pyrrole nitrogens is 2. The Morgan fingerprint density at radius 2 is 0.500 bits per heavy atom. The molecular formula is C36H30N12. The van der Waals surface area contributed by atoms with Crippen LogP contribution in [0.2, 0.25) is 0 Å². The zero-order valence-electron chi connectivity index (χ0n) is 25.6. The SMILES string of the molecule is C1=Cc2cc3ccc(cc4ccc(cc5nc(cc1n2)C=C5)[nH]4)[nH]3.c1cnccn1.c1cnccn1.c1cnccn1.c1cnccn1. The van der Waals surface area contributed by atoms with Crippen molar-refractivity contribution in [3.05, 3.63) is 170 Å². The zero-order chi connectivity index (χ0) is 32.9. The van der Waals surface area contributed by atoms with Gasteiger partial charge in [-0.15, -0.1) is 0 Å². The molecule has 9 rings (SSSR count). The lowest BCUT2D eigenvalue weighted by Crippen LogP contribution is -1.77. The summed E-state index contributed by atoms with van der Waals surface area (Å²) in [5.41, 5.74) is 7.86. The number of aromatic amines is 2. The average molecular weight is 631 g/mol. The molecule has 7 aromatic heterocycles. The van der Waals surface area contributed by atoms with E-state index in [0.717, 1.165) is 44.8 Å². The van der Waals surface area contributed by atoms with Gasteiger partial charge in [0.05, 0.1) is 22.8 Å². The first-order valence-corrected chi connectivity index (χ1v) is 14.6. The van der Waals surface area contributed by atoms with Crippen molar-refractivity contribution in [2.45, 2.75) is 0 Å². The Morgan fingerprint density at radius 3 is 0.750 bits per heavy atom. The van der Waals surface area contributed by atoms with Gasteiger partial charge in [-0.3, -0.25) is 39.9 Å². The van der Waals surface area contributed by atoms with Crippen molar-refractivity contribution in [3.8, 4) is 0 Å². The van der Waals surface area contributed by atoms with E-state index < -0.39 is 0 Å². The van der Waals surface area contributed by atoms with E-state index >= 15 is 0 Å². The van der Waals surface area contributed by atoms with Crippen LogP contribution < -0.4 is 0 Å². The summed E-state index contributed by atoms with van der Waals surface area (Å²) in [4.78, 5) is 45.8. The third kappa shape index (κ3) is 11.8. The Hall–Kier alpha value is -7.08. The van der Waals surface area contributed by atoms with Crippen molar-refractivity contribution < 1.29 is 0 Å². The summed E-state index contributed by atoms with van der Waals surface area (Å²) in [6.45, 7) is 0. The van der Waals surface area contributed by atoms with E-state index in [4.69, 9.17) is 0 Å². The van der Waals surface area contributed by atoms with Crippen molar-refractivity contribution in [3.63, 3.8) is 0 Å². The average Bonchev–Trinajstić information content (AvgIpc) is 4.00. The highest BCUT2D eigenvalue weighted by Gasteiger charge is 2.02. The summed E-state index contributed by atoms with van der Waals surface area (Å²) in [5.74, 6) is 0. The van der Waals surface area contributed by atoms with Crippen molar-refractivity contribution in [2.24, 2.45) is 0 Å². The van der Waals surface area contributed by atoms with Crippen LogP contribution in [0.15, 0.2) is 148 Å². The smallest absolute Gasteiger partial charge is 0.0659 e. The maximum absolute atomic E-state index is 4.62. The summed E-state index contributed by atoms with van der Waals surface area (Å²) in [5, 5.41) is 0. The van der Waals surface area contributed by atoms with Crippen LogP contribution >= 0.6 is 0 Å².